The first kappa shape index (κ1) is 19.6. The number of hydrogen-bond acceptors (Lipinski definition) is 6. The third kappa shape index (κ3) is 3.54. The molecule has 0 N–H and O–H groups in total. The summed E-state index contributed by atoms with van der Waals surface area (Å²) in [5, 5.41) is 0. The van der Waals surface area contributed by atoms with Gasteiger partial charge in [0.15, 0.2) is 5.60 Å². The summed E-state index contributed by atoms with van der Waals surface area (Å²) < 4.78 is 17.3. The number of ether oxygens (including phenoxy) is 3. The second kappa shape index (κ2) is 7.13. The minimum absolute atomic E-state index is 0.0212. The summed E-state index contributed by atoms with van der Waals surface area (Å²) in [6.45, 7) is 9.43. The van der Waals surface area contributed by atoms with Crippen molar-refractivity contribution in [2.75, 3.05) is 6.61 Å². The van der Waals surface area contributed by atoms with Crippen LogP contribution in [0.5, 0.6) is 0 Å². The number of allylic oxidation sites excluding steroid dienone is 2. The van der Waals surface area contributed by atoms with Crippen LogP contribution in [0.2, 0.25) is 0 Å². The van der Waals surface area contributed by atoms with Crippen molar-refractivity contribution in [2.45, 2.75) is 59.2 Å². The molecule has 27 heavy (non-hydrogen) atoms. The zero-order chi connectivity index (χ0) is 19.9. The summed E-state index contributed by atoms with van der Waals surface area (Å²) >= 11 is 0. The smallest absolute Gasteiger partial charge is 0.333 e. The van der Waals surface area contributed by atoms with E-state index in [1.165, 1.54) is 6.08 Å². The monoisotopic (exact) mass is 376 g/mol. The largest absolute Gasteiger partial charge is 0.483 e. The number of carbonyl (C=O) groups is 3. The van der Waals surface area contributed by atoms with Crippen LogP contribution in [0.1, 0.15) is 47.5 Å². The third-order valence-electron chi connectivity index (χ3n) is 6.18. The quantitative estimate of drug-likeness (QED) is 0.545. The minimum atomic E-state index is -1.08. The van der Waals surface area contributed by atoms with Gasteiger partial charge in [-0.1, -0.05) is 19.9 Å². The Morgan fingerprint density at radius 1 is 1.33 bits per heavy atom. The molecule has 0 aliphatic carbocycles. The van der Waals surface area contributed by atoms with E-state index in [4.69, 9.17) is 14.2 Å². The molecule has 3 heterocycles. The highest BCUT2D eigenvalue weighted by Crippen LogP contribution is 2.45. The number of hydrogen-bond donors (Lipinski definition) is 0. The molecule has 3 aliphatic rings. The number of cyclic esters (lactones) is 1. The van der Waals surface area contributed by atoms with Crippen LogP contribution < -0.4 is 0 Å². The molecule has 3 rings (SSSR count). The van der Waals surface area contributed by atoms with E-state index in [-0.39, 0.29) is 35.9 Å². The van der Waals surface area contributed by atoms with Crippen molar-refractivity contribution in [3.8, 4) is 0 Å². The maximum absolute atomic E-state index is 12.6. The second-order valence-corrected chi connectivity index (χ2v) is 8.29. The van der Waals surface area contributed by atoms with E-state index in [0.717, 1.165) is 0 Å². The number of rotatable bonds is 2. The molecule has 3 aliphatic heterocycles. The molecule has 0 spiro atoms. The summed E-state index contributed by atoms with van der Waals surface area (Å²) in [5.41, 5.74) is -0.581. The molecule has 0 aromatic carbocycles. The van der Waals surface area contributed by atoms with Crippen LogP contribution in [-0.2, 0) is 28.6 Å². The van der Waals surface area contributed by atoms with Gasteiger partial charge in [-0.25, -0.2) is 4.79 Å². The molecule has 6 heteroatoms. The van der Waals surface area contributed by atoms with Crippen LogP contribution in [-0.4, -0.2) is 36.0 Å². The minimum Gasteiger partial charge on any atom is -0.483 e. The molecule has 2 bridgehead atoms. The topological polar surface area (TPSA) is 78.9 Å². The Morgan fingerprint density at radius 3 is 2.70 bits per heavy atom. The second-order valence-electron chi connectivity index (χ2n) is 8.29. The maximum Gasteiger partial charge on any atom is 0.333 e. The molecule has 6 atom stereocenters. The molecule has 0 unspecified atom stereocenters. The fraction of sp³-hybridized carbons (Fsp3) is 0.667. The molecular weight excluding hydrogens is 348 g/mol. The number of ketones is 1. The Kier molecular flexibility index (Phi) is 5.19. The first-order valence-corrected chi connectivity index (χ1v) is 9.62. The Balaban J connectivity index is 2.02. The number of esters is 2. The summed E-state index contributed by atoms with van der Waals surface area (Å²) in [4.78, 5) is 37.7. The van der Waals surface area contributed by atoms with Gasteiger partial charge in [-0.2, -0.15) is 0 Å². The molecule has 0 saturated carbocycles. The highest BCUT2D eigenvalue weighted by Gasteiger charge is 2.52. The highest BCUT2D eigenvalue weighted by atomic mass is 16.6. The lowest BCUT2D eigenvalue weighted by Gasteiger charge is -2.41. The highest BCUT2D eigenvalue weighted by molar-refractivity contribution is 5.99. The zero-order valence-electron chi connectivity index (χ0n) is 16.6. The predicted molar refractivity (Wildman–Crippen MR) is 97.4 cm³/mol. The lowest BCUT2D eigenvalue weighted by molar-refractivity contribution is -0.176. The first-order chi connectivity index (χ1) is 12.7. The van der Waals surface area contributed by atoms with Gasteiger partial charge in [0.25, 0.3) is 0 Å². The fourth-order valence-corrected chi connectivity index (χ4v) is 4.36. The molecule has 6 nitrogen and oxygen atoms in total. The maximum atomic E-state index is 12.6. The normalized spacial score (nSPS) is 39.2. The lowest BCUT2D eigenvalue weighted by Crippen LogP contribution is -2.49. The number of fused-ring (bicyclic) bond motifs is 3. The van der Waals surface area contributed by atoms with Gasteiger partial charge in [-0.05, 0) is 33.1 Å². The van der Waals surface area contributed by atoms with Crippen LogP contribution in [0.25, 0.3) is 0 Å². The van der Waals surface area contributed by atoms with Crippen LogP contribution in [0.3, 0.4) is 0 Å². The molecular formula is C21H28O6. The Hall–Kier alpha value is -2.11. The molecule has 0 amide bonds. The predicted octanol–water partition coefficient (Wildman–Crippen LogP) is 2.96. The van der Waals surface area contributed by atoms with Crippen LogP contribution in [0.4, 0.5) is 0 Å². The standard InChI is InChI=1S/C21H28O6/c1-6-11(2)19(23)26-16-9-21(5)17(22)8-15(27-21)12(3)7-14-18(16)13(4)10-25-20(14)24/h6,8,12-14,16,18H,7,9-10H2,1-5H3/t12-,13+,14+,16-,18-,21+/m0/s1. The van der Waals surface area contributed by atoms with Crippen molar-refractivity contribution in [2.24, 2.45) is 23.7 Å². The van der Waals surface area contributed by atoms with Crippen molar-refractivity contribution in [3.63, 3.8) is 0 Å². The number of carbonyl (C=O) groups excluding carboxylic acids is 3. The molecule has 2 saturated heterocycles. The van der Waals surface area contributed by atoms with Crippen LogP contribution in [0.15, 0.2) is 23.5 Å². The van der Waals surface area contributed by atoms with Gasteiger partial charge in [-0.15, -0.1) is 0 Å². The summed E-state index contributed by atoms with van der Waals surface area (Å²) in [6, 6.07) is 0. The van der Waals surface area contributed by atoms with Crippen molar-refractivity contribution in [3.05, 3.63) is 23.5 Å². The van der Waals surface area contributed by atoms with Gasteiger partial charge in [0.1, 0.15) is 11.9 Å². The van der Waals surface area contributed by atoms with Crippen molar-refractivity contribution < 1.29 is 28.6 Å². The Bertz CT molecular complexity index is 720. The molecule has 0 aromatic heterocycles. The van der Waals surface area contributed by atoms with E-state index >= 15 is 0 Å². The summed E-state index contributed by atoms with van der Waals surface area (Å²) in [6.07, 6.45) is 3.33. The SMILES string of the molecule is CC=C(C)C(=O)O[C@H]1C[C@@]2(C)OC(=CC2=O)[C@@H](C)C[C@H]2C(=O)OC[C@@H](C)[C@H]12. The van der Waals surface area contributed by atoms with Gasteiger partial charge in [0, 0.05) is 29.9 Å². The Morgan fingerprint density at radius 2 is 2.04 bits per heavy atom. The van der Waals surface area contributed by atoms with Gasteiger partial charge in [0.05, 0.1) is 12.5 Å². The first-order valence-electron chi connectivity index (χ1n) is 9.62. The molecule has 148 valence electrons. The van der Waals surface area contributed by atoms with Crippen LogP contribution >= 0.6 is 0 Å². The van der Waals surface area contributed by atoms with Gasteiger partial charge in [-0.3, -0.25) is 9.59 Å². The van der Waals surface area contributed by atoms with E-state index in [2.05, 4.69) is 0 Å². The van der Waals surface area contributed by atoms with E-state index in [1.54, 1.807) is 26.8 Å². The lowest BCUT2D eigenvalue weighted by atomic mass is 9.71. The van der Waals surface area contributed by atoms with Crippen molar-refractivity contribution >= 4 is 17.7 Å². The molecule has 0 aromatic rings. The van der Waals surface area contributed by atoms with Crippen molar-refractivity contribution in [1.29, 1.82) is 0 Å². The van der Waals surface area contributed by atoms with E-state index < -0.39 is 23.6 Å². The van der Waals surface area contributed by atoms with Crippen LogP contribution in [0, 0.1) is 23.7 Å². The van der Waals surface area contributed by atoms with Crippen molar-refractivity contribution in [1.82, 2.24) is 0 Å². The average Bonchev–Trinajstić information content (AvgIpc) is 2.93. The molecule has 2 fully saturated rings. The summed E-state index contributed by atoms with van der Waals surface area (Å²) in [7, 11) is 0. The molecule has 0 radical (unpaired) electrons. The van der Waals surface area contributed by atoms with Gasteiger partial charge in [0.2, 0.25) is 5.78 Å². The van der Waals surface area contributed by atoms with Gasteiger partial charge < -0.3 is 14.2 Å². The summed E-state index contributed by atoms with van der Waals surface area (Å²) in [5.74, 6) is -0.877. The van der Waals surface area contributed by atoms with E-state index in [0.29, 0.717) is 24.4 Å². The Labute approximate surface area is 159 Å². The van der Waals surface area contributed by atoms with E-state index in [1.807, 2.05) is 13.8 Å². The van der Waals surface area contributed by atoms with E-state index in [9.17, 15) is 14.4 Å². The zero-order valence-corrected chi connectivity index (χ0v) is 16.6. The average molecular weight is 376 g/mol. The fourth-order valence-electron chi connectivity index (χ4n) is 4.36. The third-order valence-corrected chi connectivity index (χ3v) is 6.18. The van der Waals surface area contributed by atoms with Gasteiger partial charge >= 0.3 is 11.9 Å².